The summed E-state index contributed by atoms with van der Waals surface area (Å²) in [6.07, 6.45) is -4.35. The zero-order valence-electron chi connectivity index (χ0n) is 11.7. The maximum Gasteiger partial charge on any atom is 0.416 e. The summed E-state index contributed by atoms with van der Waals surface area (Å²) in [4.78, 5) is 4.25. The predicted molar refractivity (Wildman–Crippen MR) is 77.5 cm³/mol. The van der Waals surface area contributed by atoms with Gasteiger partial charge < -0.3 is 9.73 Å². The lowest BCUT2D eigenvalue weighted by Gasteiger charge is -2.14. The molecule has 0 fully saturated rings. The molecule has 2 aromatic carbocycles. The van der Waals surface area contributed by atoms with E-state index in [0.717, 1.165) is 12.1 Å². The maximum atomic E-state index is 12.7. The molecule has 1 aromatic heterocycles. The molecule has 0 amide bonds. The molecule has 1 N–H and O–H groups in total. The number of oxazole rings is 1. The third kappa shape index (κ3) is 2.90. The second-order valence-electron chi connectivity index (χ2n) is 4.98. The fourth-order valence-electron chi connectivity index (χ4n) is 2.19. The third-order valence-electron chi connectivity index (χ3n) is 3.35. The van der Waals surface area contributed by atoms with Gasteiger partial charge in [-0.05, 0) is 36.8 Å². The highest BCUT2D eigenvalue weighted by molar-refractivity contribution is 5.74. The van der Waals surface area contributed by atoms with Crippen LogP contribution in [0.15, 0.2) is 52.9 Å². The molecule has 0 spiro atoms. The quantitative estimate of drug-likeness (QED) is 0.738. The first-order valence-corrected chi connectivity index (χ1v) is 6.73. The Morgan fingerprint density at radius 2 is 1.86 bits per heavy atom. The molecular formula is C16H13F3N2O. The molecule has 0 bridgehead atoms. The lowest BCUT2D eigenvalue weighted by molar-refractivity contribution is -0.137. The monoisotopic (exact) mass is 306 g/mol. The number of rotatable bonds is 3. The number of anilines is 1. The first kappa shape index (κ1) is 14.4. The summed E-state index contributed by atoms with van der Waals surface area (Å²) in [7, 11) is 0. The molecule has 114 valence electrons. The van der Waals surface area contributed by atoms with Crippen LogP contribution in [0.1, 0.15) is 24.1 Å². The van der Waals surface area contributed by atoms with Crippen molar-refractivity contribution in [1.82, 2.24) is 4.98 Å². The number of alkyl halides is 3. The van der Waals surface area contributed by atoms with E-state index in [0.29, 0.717) is 16.7 Å². The number of halogens is 3. The summed E-state index contributed by atoms with van der Waals surface area (Å²) < 4.78 is 43.8. The van der Waals surface area contributed by atoms with Crippen LogP contribution in [-0.2, 0) is 6.18 Å². The van der Waals surface area contributed by atoms with Crippen molar-refractivity contribution in [1.29, 1.82) is 0 Å². The van der Waals surface area contributed by atoms with Crippen LogP contribution in [0.3, 0.4) is 0 Å². The summed E-state index contributed by atoms with van der Waals surface area (Å²) >= 11 is 0. The van der Waals surface area contributed by atoms with Crippen molar-refractivity contribution in [3.05, 3.63) is 59.7 Å². The molecule has 0 saturated heterocycles. The third-order valence-corrected chi connectivity index (χ3v) is 3.35. The molecule has 1 unspecified atom stereocenters. The summed E-state index contributed by atoms with van der Waals surface area (Å²) in [6, 6.07) is 12.4. The molecule has 1 heterocycles. The highest BCUT2D eigenvalue weighted by Crippen LogP contribution is 2.31. The smallest absolute Gasteiger partial charge is 0.416 e. The topological polar surface area (TPSA) is 38.1 Å². The molecule has 0 aliphatic carbocycles. The van der Waals surface area contributed by atoms with Gasteiger partial charge in [-0.15, -0.1) is 0 Å². The predicted octanol–water partition coefficient (Wildman–Crippen LogP) is 5.02. The zero-order valence-corrected chi connectivity index (χ0v) is 11.7. The van der Waals surface area contributed by atoms with Crippen LogP contribution in [-0.4, -0.2) is 4.98 Å². The van der Waals surface area contributed by atoms with Gasteiger partial charge in [-0.3, -0.25) is 0 Å². The molecular weight excluding hydrogens is 293 g/mol. The lowest BCUT2D eigenvalue weighted by atomic mass is 10.1. The molecule has 6 heteroatoms. The van der Waals surface area contributed by atoms with Gasteiger partial charge in [0.1, 0.15) is 5.52 Å². The van der Waals surface area contributed by atoms with Crippen molar-refractivity contribution >= 4 is 17.1 Å². The number of para-hydroxylation sites is 2. The minimum atomic E-state index is -4.35. The molecule has 0 saturated carbocycles. The van der Waals surface area contributed by atoms with Crippen molar-refractivity contribution < 1.29 is 17.6 Å². The van der Waals surface area contributed by atoms with Crippen molar-refractivity contribution in [3.63, 3.8) is 0 Å². The van der Waals surface area contributed by atoms with Gasteiger partial charge in [-0.25, -0.2) is 0 Å². The van der Waals surface area contributed by atoms with Gasteiger partial charge in [0.05, 0.1) is 11.6 Å². The van der Waals surface area contributed by atoms with Crippen molar-refractivity contribution in [2.75, 3.05) is 5.32 Å². The van der Waals surface area contributed by atoms with E-state index in [2.05, 4.69) is 10.3 Å². The van der Waals surface area contributed by atoms with E-state index in [1.807, 2.05) is 12.1 Å². The molecule has 22 heavy (non-hydrogen) atoms. The van der Waals surface area contributed by atoms with Crippen molar-refractivity contribution in [2.45, 2.75) is 19.1 Å². The van der Waals surface area contributed by atoms with E-state index in [1.54, 1.807) is 25.1 Å². The Labute approximate surface area is 124 Å². The Kier molecular flexibility index (Phi) is 3.52. The number of hydrogen-bond acceptors (Lipinski definition) is 3. The van der Waals surface area contributed by atoms with Crippen LogP contribution in [0.4, 0.5) is 19.2 Å². The Morgan fingerprint density at radius 3 is 2.59 bits per heavy atom. The average Bonchev–Trinajstić information content (AvgIpc) is 2.88. The van der Waals surface area contributed by atoms with E-state index in [4.69, 9.17) is 4.42 Å². The first-order chi connectivity index (χ1) is 10.4. The fourth-order valence-corrected chi connectivity index (χ4v) is 2.19. The summed E-state index contributed by atoms with van der Waals surface area (Å²) in [5.74, 6) is 0. The number of nitrogens with one attached hydrogen (secondary N) is 1. The second kappa shape index (κ2) is 5.36. The molecule has 1 atom stereocenters. The number of fused-ring (bicyclic) bond motifs is 1. The Balaban J connectivity index is 1.83. The van der Waals surface area contributed by atoms with E-state index >= 15 is 0 Å². The zero-order chi connectivity index (χ0) is 15.7. The van der Waals surface area contributed by atoms with Gasteiger partial charge >= 0.3 is 6.18 Å². The van der Waals surface area contributed by atoms with Gasteiger partial charge in [0.2, 0.25) is 0 Å². The Hall–Kier alpha value is -2.50. The number of aromatic nitrogens is 1. The SMILES string of the molecule is CC(Nc1nc2ccccc2o1)c1cccc(C(F)(F)F)c1. The standard InChI is InChI=1S/C16H13F3N2O/c1-10(11-5-4-6-12(9-11)16(17,18)19)20-15-21-13-7-2-3-8-14(13)22-15/h2-10H,1H3,(H,20,21). The summed E-state index contributed by atoms with van der Waals surface area (Å²) in [5, 5.41) is 2.98. The minimum absolute atomic E-state index is 0.283. The number of nitrogens with zero attached hydrogens (tertiary/aromatic N) is 1. The molecule has 3 rings (SSSR count). The normalized spacial score (nSPS) is 13.3. The van der Waals surface area contributed by atoms with Crippen molar-refractivity contribution in [2.24, 2.45) is 0 Å². The van der Waals surface area contributed by atoms with Gasteiger partial charge in [0.25, 0.3) is 6.01 Å². The number of benzene rings is 2. The highest BCUT2D eigenvalue weighted by Gasteiger charge is 2.30. The minimum Gasteiger partial charge on any atom is -0.424 e. The molecule has 0 aliphatic heterocycles. The van der Waals surface area contributed by atoms with E-state index < -0.39 is 11.7 Å². The van der Waals surface area contributed by atoms with Gasteiger partial charge in [-0.1, -0.05) is 24.3 Å². The van der Waals surface area contributed by atoms with Crippen molar-refractivity contribution in [3.8, 4) is 0 Å². The molecule has 3 aromatic rings. The fraction of sp³-hybridized carbons (Fsp3) is 0.188. The molecule has 0 radical (unpaired) electrons. The van der Waals surface area contributed by atoms with Gasteiger partial charge in [0, 0.05) is 0 Å². The molecule has 0 aliphatic rings. The lowest BCUT2D eigenvalue weighted by Crippen LogP contribution is -2.10. The van der Waals surface area contributed by atoms with E-state index in [9.17, 15) is 13.2 Å². The van der Waals surface area contributed by atoms with Crippen LogP contribution in [0.5, 0.6) is 0 Å². The summed E-state index contributed by atoms with van der Waals surface area (Å²) in [6.45, 7) is 1.75. The van der Waals surface area contributed by atoms with Crippen LogP contribution >= 0.6 is 0 Å². The maximum absolute atomic E-state index is 12.7. The van der Waals surface area contributed by atoms with Crippen LogP contribution in [0.2, 0.25) is 0 Å². The van der Waals surface area contributed by atoms with Gasteiger partial charge in [-0.2, -0.15) is 18.2 Å². The summed E-state index contributed by atoms with van der Waals surface area (Å²) in [5.41, 5.74) is 1.16. The van der Waals surface area contributed by atoms with E-state index in [-0.39, 0.29) is 12.1 Å². The second-order valence-corrected chi connectivity index (χ2v) is 4.98. The van der Waals surface area contributed by atoms with Gasteiger partial charge in [0.15, 0.2) is 5.58 Å². The average molecular weight is 306 g/mol. The van der Waals surface area contributed by atoms with Crippen LogP contribution in [0, 0.1) is 0 Å². The number of hydrogen-bond donors (Lipinski definition) is 1. The first-order valence-electron chi connectivity index (χ1n) is 6.73. The highest BCUT2D eigenvalue weighted by atomic mass is 19.4. The van der Waals surface area contributed by atoms with Crippen LogP contribution in [0.25, 0.3) is 11.1 Å². The largest absolute Gasteiger partial charge is 0.424 e. The van der Waals surface area contributed by atoms with Crippen LogP contribution < -0.4 is 5.32 Å². The Morgan fingerprint density at radius 1 is 1.09 bits per heavy atom. The Bertz CT molecular complexity index is 762. The molecule has 3 nitrogen and oxygen atoms in total. The van der Waals surface area contributed by atoms with E-state index in [1.165, 1.54) is 6.07 Å².